The molecule has 0 bridgehead atoms. The average Bonchev–Trinajstić information content (AvgIpc) is 2.66. The van der Waals surface area contributed by atoms with Crippen molar-refractivity contribution in [1.29, 1.82) is 0 Å². The summed E-state index contributed by atoms with van der Waals surface area (Å²) in [4.78, 5) is 11.6. The van der Waals surface area contributed by atoms with Crippen molar-refractivity contribution in [2.24, 2.45) is 5.92 Å². The number of carbonyl (C=O) groups excluding carboxylic acids is 1. The summed E-state index contributed by atoms with van der Waals surface area (Å²) in [6.45, 7) is 0. The molecule has 0 saturated heterocycles. The third-order valence-corrected chi connectivity index (χ3v) is 3.45. The second-order valence-electron chi connectivity index (χ2n) is 4.15. The Morgan fingerprint density at radius 3 is 3.00 bits per heavy atom. The smallest absolute Gasteiger partial charge is 0.140 e. The maximum Gasteiger partial charge on any atom is 0.140 e. The van der Waals surface area contributed by atoms with Crippen molar-refractivity contribution in [3.8, 4) is 0 Å². The van der Waals surface area contributed by atoms with Gasteiger partial charge in [0.1, 0.15) is 5.78 Å². The molecule has 2 atom stereocenters. The van der Waals surface area contributed by atoms with Crippen LogP contribution >= 0.6 is 0 Å². The van der Waals surface area contributed by atoms with E-state index in [1.54, 1.807) is 0 Å². The van der Waals surface area contributed by atoms with Crippen LogP contribution in [0.1, 0.15) is 29.9 Å². The van der Waals surface area contributed by atoms with E-state index < -0.39 is 0 Å². The molecule has 0 heterocycles. The van der Waals surface area contributed by atoms with Crippen LogP contribution in [0.5, 0.6) is 0 Å². The highest BCUT2D eigenvalue weighted by molar-refractivity contribution is 5.89. The highest BCUT2D eigenvalue weighted by Gasteiger charge is 2.41. The first-order chi connectivity index (χ1) is 6.36. The quantitative estimate of drug-likeness (QED) is 0.587. The Labute approximate surface area is 77.8 Å². The first-order valence-corrected chi connectivity index (χ1v) is 4.97. The first-order valence-electron chi connectivity index (χ1n) is 4.97. The third kappa shape index (κ3) is 0.902. The van der Waals surface area contributed by atoms with Crippen molar-refractivity contribution >= 4 is 5.78 Å². The van der Waals surface area contributed by atoms with Gasteiger partial charge in [-0.2, -0.15) is 0 Å². The van der Waals surface area contributed by atoms with E-state index in [-0.39, 0.29) is 5.92 Å². The summed E-state index contributed by atoms with van der Waals surface area (Å²) in [5.74, 6) is 1.36. The second-order valence-corrected chi connectivity index (χ2v) is 4.15. The predicted molar refractivity (Wildman–Crippen MR) is 50.6 cm³/mol. The van der Waals surface area contributed by atoms with E-state index in [4.69, 9.17) is 0 Å². The Morgan fingerprint density at radius 2 is 2.08 bits per heavy atom. The summed E-state index contributed by atoms with van der Waals surface area (Å²) in [6.07, 6.45) is 3.05. The summed E-state index contributed by atoms with van der Waals surface area (Å²) in [5, 5.41) is 0. The maximum atomic E-state index is 11.6. The SMILES string of the molecule is O=C1CCC2Cc3ccccc3C12. The van der Waals surface area contributed by atoms with Gasteiger partial charge in [0.15, 0.2) is 0 Å². The van der Waals surface area contributed by atoms with Crippen LogP contribution in [-0.2, 0) is 11.2 Å². The van der Waals surface area contributed by atoms with E-state index in [1.807, 2.05) is 6.07 Å². The fourth-order valence-corrected chi connectivity index (χ4v) is 2.87. The molecule has 0 radical (unpaired) electrons. The van der Waals surface area contributed by atoms with Crippen molar-refractivity contribution < 1.29 is 4.79 Å². The monoisotopic (exact) mass is 172 g/mol. The average molecular weight is 172 g/mol. The molecule has 0 spiro atoms. The molecule has 66 valence electrons. The van der Waals surface area contributed by atoms with Gasteiger partial charge in [-0.15, -0.1) is 0 Å². The van der Waals surface area contributed by atoms with Crippen LogP contribution in [-0.4, -0.2) is 5.78 Å². The molecule has 1 aromatic carbocycles. The van der Waals surface area contributed by atoms with Crippen LogP contribution in [0.4, 0.5) is 0 Å². The largest absolute Gasteiger partial charge is 0.299 e. The molecule has 0 amide bonds. The topological polar surface area (TPSA) is 17.1 Å². The van der Waals surface area contributed by atoms with E-state index in [0.29, 0.717) is 11.7 Å². The molecule has 0 N–H and O–H groups in total. The van der Waals surface area contributed by atoms with Gasteiger partial charge in [0.05, 0.1) is 0 Å². The highest BCUT2D eigenvalue weighted by atomic mass is 16.1. The van der Waals surface area contributed by atoms with E-state index in [1.165, 1.54) is 11.1 Å². The number of carbonyl (C=O) groups is 1. The number of Topliss-reactive ketones (excluding diaryl/α,β-unsaturated/α-hetero) is 1. The van der Waals surface area contributed by atoms with Gasteiger partial charge in [-0.05, 0) is 29.9 Å². The van der Waals surface area contributed by atoms with Gasteiger partial charge in [0.25, 0.3) is 0 Å². The van der Waals surface area contributed by atoms with Gasteiger partial charge in [-0.25, -0.2) is 0 Å². The van der Waals surface area contributed by atoms with Crippen LogP contribution in [0.2, 0.25) is 0 Å². The van der Waals surface area contributed by atoms with Crippen molar-refractivity contribution in [2.75, 3.05) is 0 Å². The zero-order valence-electron chi connectivity index (χ0n) is 7.49. The molecular weight excluding hydrogens is 160 g/mol. The minimum atomic E-state index is 0.260. The van der Waals surface area contributed by atoms with Gasteiger partial charge in [0, 0.05) is 12.3 Å². The lowest BCUT2D eigenvalue weighted by atomic mass is 9.96. The maximum absolute atomic E-state index is 11.6. The standard InChI is InChI=1S/C12H12O/c13-11-6-5-9-7-8-3-1-2-4-10(8)12(9)11/h1-4,9,12H,5-7H2. The van der Waals surface area contributed by atoms with E-state index in [2.05, 4.69) is 18.2 Å². The Kier molecular flexibility index (Phi) is 1.37. The highest BCUT2D eigenvalue weighted by Crippen LogP contribution is 2.45. The number of hydrogen-bond acceptors (Lipinski definition) is 1. The van der Waals surface area contributed by atoms with Gasteiger partial charge in [-0.1, -0.05) is 24.3 Å². The Balaban J connectivity index is 2.13. The molecular formula is C12H12O. The molecule has 3 rings (SSSR count). The molecule has 1 fully saturated rings. The van der Waals surface area contributed by atoms with Gasteiger partial charge in [-0.3, -0.25) is 4.79 Å². The van der Waals surface area contributed by atoms with Crippen LogP contribution in [0.25, 0.3) is 0 Å². The Morgan fingerprint density at radius 1 is 1.23 bits per heavy atom. The molecule has 1 saturated carbocycles. The van der Waals surface area contributed by atoms with E-state index in [9.17, 15) is 4.79 Å². The lowest BCUT2D eigenvalue weighted by Crippen LogP contribution is -2.06. The van der Waals surface area contributed by atoms with Crippen LogP contribution in [0, 0.1) is 5.92 Å². The van der Waals surface area contributed by atoms with Crippen LogP contribution in [0.3, 0.4) is 0 Å². The normalized spacial score (nSPS) is 30.3. The number of hydrogen-bond donors (Lipinski definition) is 0. The second kappa shape index (κ2) is 2.44. The molecule has 0 aromatic heterocycles. The third-order valence-electron chi connectivity index (χ3n) is 3.45. The van der Waals surface area contributed by atoms with E-state index >= 15 is 0 Å². The summed E-state index contributed by atoms with van der Waals surface area (Å²) >= 11 is 0. The zero-order chi connectivity index (χ0) is 8.84. The number of benzene rings is 1. The summed E-state index contributed by atoms with van der Waals surface area (Å²) in [5.41, 5.74) is 2.72. The number of fused-ring (bicyclic) bond motifs is 3. The Hall–Kier alpha value is -1.11. The summed E-state index contributed by atoms with van der Waals surface area (Å²) in [6, 6.07) is 8.42. The minimum absolute atomic E-state index is 0.260. The van der Waals surface area contributed by atoms with Gasteiger partial charge < -0.3 is 0 Å². The van der Waals surface area contributed by atoms with Crippen LogP contribution in [0.15, 0.2) is 24.3 Å². The predicted octanol–water partition coefficient (Wildman–Crippen LogP) is 2.31. The van der Waals surface area contributed by atoms with Crippen molar-refractivity contribution in [1.82, 2.24) is 0 Å². The molecule has 1 heteroatoms. The molecule has 2 aliphatic carbocycles. The fourth-order valence-electron chi connectivity index (χ4n) is 2.87. The first kappa shape index (κ1) is 7.31. The molecule has 1 nitrogen and oxygen atoms in total. The van der Waals surface area contributed by atoms with Crippen LogP contribution < -0.4 is 0 Å². The summed E-state index contributed by atoms with van der Waals surface area (Å²) < 4.78 is 0. The lowest BCUT2D eigenvalue weighted by Gasteiger charge is -2.06. The number of ketones is 1. The van der Waals surface area contributed by atoms with Crippen molar-refractivity contribution in [3.05, 3.63) is 35.4 Å². The van der Waals surface area contributed by atoms with Crippen molar-refractivity contribution in [3.63, 3.8) is 0 Å². The fraction of sp³-hybridized carbons (Fsp3) is 0.417. The van der Waals surface area contributed by atoms with Gasteiger partial charge in [0.2, 0.25) is 0 Å². The minimum Gasteiger partial charge on any atom is -0.299 e. The van der Waals surface area contributed by atoms with Crippen molar-refractivity contribution in [2.45, 2.75) is 25.2 Å². The van der Waals surface area contributed by atoms with E-state index in [0.717, 1.165) is 19.3 Å². The summed E-state index contributed by atoms with van der Waals surface area (Å²) in [7, 11) is 0. The van der Waals surface area contributed by atoms with Gasteiger partial charge >= 0.3 is 0 Å². The molecule has 0 aliphatic heterocycles. The molecule has 1 aromatic rings. The molecule has 13 heavy (non-hydrogen) atoms. The Bertz CT molecular complexity index is 367. The zero-order valence-corrected chi connectivity index (χ0v) is 7.49. The number of rotatable bonds is 0. The lowest BCUT2D eigenvalue weighted by molar-refractivity contribution is -0.118. The molecule has 2 unspecified atom stereocenters. The molecule has 2 aliphatic rings.